The molecular weight excluding hydrogens is 430 g/mol. The molecule has 1 N–H and O–H groups in total. The number of amides is 1. The van der Waals surface area contributed by atoms with Crippen LogP contribution in [0.3, 0.4) is 0 Å². The van der Waals surface area contributed by atoms with E-state index in [9.17, 15) is 13.2 Å². The minimum Gasteiger partial charge on any atom is -0.344 e. The molecule has 1 atom stereocenters. The zero-order valence-corrected chi connectivity index (χ0v) is 19.9. The Bertz CT molecular complexity index is 1260. The molecule has 1 saturated heterocycles. The number of aromatic nitrogens is 2. The summed E-state index contributed by atoms with van der Waals surface area (Å²) < 4.78 is 26.0. The number of thiazole rings is 1. The summed E-state index contributed by atoms with van der Waals surface area (Å²) in [5.41, 5.74) is 6.91. The van der Waals surface area contributed by atoms with E-state index < -0.39 is 9.84 Å². The third-order valence-corrected chi connectivity index (χ3v) is 8.45. The van der Waals surface area contributed by atoms with Crippen molar-refractivity contribution >= 4 is 32.8 Å². The maximum atomic E-state index is 12.5. The Hall–Kier alpha value is -2.45. The number of aryl methyl sites for hydroxylation is 3. The van der Waals surface area contributed by atoms with Crippen LogP contribution in [0.5, 0.6) is 0 Å². The second-order valence-corrected chi connectivity index (χ2v) is 11.6. The first kappa shape index (κ1) is 21.8. The molecule has 0 bridgehead atoms. The number of hydrogen-bond acceptors (Lipinski definition) is 5. The third-order valence-electron chi connectivity index (χ3n) is 5.85. The Morgan fingerprint density at radius 2 is 2.00 bits per heavy atom. The minimum atomic E-state index is -2.95. The van der Waals surface area contributed by atoms with Crippen LogP contribution < -0.4 is 5.32 Å². The van der Waals surface area contributed by atoms with Gasteiger partial charge in [-0.25, -0.2) is 13.4 Å². The van der Waals surface area contributed by atoms with Gasteiger partial charge in [0.15, 0.2) is 9.84 Å². The van der Waals surface area contributed by atoms with Crippen LogP contribution in [0.25, 0.3) is 11.3 Å². The Kier molecular flexibility index (Phi) is 5.79. The average molecular weight is 458 g/mol. The molecule has 4 rings (SSSR count). The van der Waals surface area contributed by atoms with Gasteiger partial charge < -0.3 is 9.88 Å². The number of benzene rings is 1. The van der Waals surface area contributed by atoms with Gasteiger partial charge in [0, 0.05) is 34.1 Å². The second kappa shape index (κ2) is 8.24. The van der Waals surface area contributed by atoms with Gasteiger partial charge >= 0.3 is 0 Å². The topological polar surface area (TPSA) is 81.1 Å². The van der Waals surface area contributed by atoms with Crippen LogP contribution >= 0.6 is 11.3 Å². The molecule has 3 heterocycles. The number of rotatable bonds is 5. The van der Waals surface area contributed by atoms with Crippen molar-refractivity contribution in [2.24, 2.45) is 0 Å². The van der Waals surface area contributed by atoms with Crippen molar-refractivity contribution < 1.29 is 13.2 Å². The molecule has 0 spiro atoms. The van der Waals surface area contributed by atoms with Gasteiger partial charge in [0.25, 0.3) is 0 Å². The largest absolute Gasteiger partial charge is 0.344 e. The number of sulfone groups is 1. The quantitative estimate of drug-likeness (QED) is 0.616. The number of carbonyl (C=O) groups is 1. The van der Waals surface area contributed by atoms with E-state index in [1.54, 1.807) is 0 Å². The zero-order valence-electron chi connectivity index (χ0n) is 18.2. The van der Waals surface area contributed by atoms with E-state index in [2.05, 4.69) is 16.0 Å². The van der Waals surface area contributed by atoms with Crippen molar-refractivity contribution in [2.75, 3.05) is 16.8 Å². The van der Waals surface area contributed by atoms with E-state index in [-0.39, 0.29) is 29.9 Å². The molecule has 31 heavy (non-hydrogen) atoms. The normalized spacial score (nSPS) is 17.7. The van der Waals surface area contributed by atoms with Crippen molar-refractivity contribution in [1.29, 1.82) is 0 Å². The fraction of sp³-hybridized carbons (Fsp3) is 0.391. The number of nitrogens with zero attached hydrogens (tertiary/aromatic N) is 2. The summed E-state index contributed by atoms with van der Waals surface area (Å²) in [6.45, 7) is 8.03. The van der Waals surface area contributed by atoms with Crippen LogP contribution in [0.15, 0.2) is 29.6 Å². The van der Waals surface area contributed by atoms with E-state index in [0.29, 0.717) is 6.42 Å². The Morgan fingerprint density at radius 3 is 2.68 bits per heavy atom. The van der Waals surface area contributed by atoms with E-state index in [1.165, 1.54) is 11.3 Å². The molecule has 3 aromatic rings. The molecular formula is C23H27N3O3S2. The van der Waals surface area contributed by atoms with Crippen molar-refractivity contribution in [3.05, 3.63) is 57.2 Å². The van der Waals surface area contributed by atoms with Gasteiger partial charge in [-0.3, -0.25) is 4.79 Å². The maximum Gasteiger partial charge on any atom is 0.231 e. The highest BCUT2D eigenvalue weighted by Crippen LogP contribution is 2.34. The predicted octanol–water partition coefficient (Wildman–Crippen LogP) is 4.39. The van der Waals surface area contributed by atoms with Gasteiger partial charge in [0.05, 0.1) is 23.6 Å². The molecule has 0 aliphatic carbocycles. The summed E-state index contributed by atoms with van der Waals surface area (Å²) in [6.07, 6.45) is 0.872. The van der Waals surface area contributed by atoms with E-state index in [0.717, 1.165) is 44.5 Å². The maximum absolute atomic E-state index is 12.5. The van der Waals surface area contributed by atoms with Gasteiger partial charge in [0.1, 0.15) is 5.01 Å². The zero-order chi connectivity index (χ0) is 22.3. The van der Waals surface area contributed by atoms with Crippen LogP contribution in [0.1, 0.15) is 40.0 Å². The Labute approximate surface area is 187 Å². The van der Waals surface area contributed by atoms with Crippen molar-refractivity contribution in [2.45, 2.75) is 46.6 Å². The molecule has 1 amide bonds. The first-order valence-electron chi connectivity index (χ1n) is 10.3. The number of hydrogen-bond donors (Lipinski definition) is 1. The molecule has 2 aromatic heterocycles. The van der Waals surface area contributed by atoms with E-state index in [4.69, 9.17) is 4.98 Å². The minimum absolute atomic E-state index is 0.0135. The van der Waals surface area contributed by atoms with Crippen molar-refractivity contribution in [1.82, 2.24) is 9.55 Å². The van der Waals surface area contributed by atoms with Crippen LogP contribution in [0.2, 0.25) is 0 Å². The molecule has 164 valence electrons. The summed E-state index contributed by atoms with van der Waals surface area (Å²) in [7, 11) is -2.95. The molecule has 0 radical (unpaired) electrons. The summed E-state index contributed by atoms with van der Waals surface area (Å²) >= 11 is 1.47. The molecule has 1 aliphatic heterocycles. The SMILES string of the molecule is Cc1ccc(NC(=O)Cc2nc(-c3cc(C)n([C@H]4CCS(=O)(=O)C4)c3C)cs2)c(C)c1. The van der Waals surface area contributed by atoms with Crippen LogP contribution in [-0.2, 0) is 21.1 Å². The summed E-state index contributed by atoms with van der Waals surface area (Å²) in [4.78, 5) is 17.2. The molecule has 1 aliphatic rings. The van der Waals surface area contributed by atoms with Gasteiger partial charge in [-0.1, -0.05) is 17.7 Å². The lowest BCUT2D eigenvalue weighted by Crippen LogP contribution is -2.15. The van der Waals surface area contributed by atoms with E-state index in [1.807, 2.05) is 51.3 Å². The number of anilines is 1. The highest BCUT2D eigenvalue weighted by molar-refractivity contribution is 7.91. The van der Waals surface area contributed by atoms with Gasteiger partial charge in [-0.15, -0.1) is 11.3 Å². The lowest BCUT2D eigenvalue weighted by molar-refractivity contribution is -0.115. The Balaban J connectivity index is 1.50. The van der Waals surface area contributed by atoms with Gasteiger partial charge in [-0.2, -0.15) is 0 Å². The standard InChI is InChI=1S/C23H27N3O3S2/c1-14-5-6-20(15(2)9-14)24-22(27)11-23-25-21(12-30-23)19-10-16(3)26(17(19)4)18-7-8-31(28,29)13-18/h5-6,9-10,12,18H,7-8,11,13H2,1-4H3,(H,24,27)/t18-/m0/s1. The van der Waals surface area contributed by atoms with Gasteiger partial charge in [0.2, 0.25) is 5.91 Å². The molecule has 1 aromatic carbocycles. The van der Waals surface area contributed by atoms with Crippen molar-refractivity contribution in [3.8, 4) is 11.3 Å². The lowest BCUT2D eigenvalue weighted by Gasteiger charge is -2.16. The highest BCUT2D eigenvalue weighted by Gasteiger charge is 2.31. The van der Waals surface area contributed by atoms with Crippen LogP contribution in [-0.4, -0.2) is 35.4 Å². The fourth-order valence-corrected chi connectivity index (χ4v) is 6.87. The molecule has 8 heteroatoms. The van der Waals surface area contributed by atoms with Crippen LogP contribution in [0, 0.1) is 27.7 Å². The number of carbonyl (C=O) groups excluding carboxylic acids is 1. The van der Waals surface area contributed by atoms with Crippen LogP contribution in [0.4, 0.5) is 5.69 Å². The summed E-state index contributed by atoms with van der Waals surface area (Å²) in [5.74, 6) is 0.360. The number of nitrogens with one attached hydrogen (secondary N) is 1. The first-order valence-corrected chi connectivity index (χ1v) is 13.0. The molecule has 6 nitrogen and oxygen atoms in total. The molecule has 0 saturated carbocycles. The monoisotopic (exact) mass is 457 g/mol. The summed E-state index contributed by atoms with van der Waals surface area (Å²) in [5, 5.41) is 5.70. The van der Waals surface area contributed by atoms with E-state index >= 15 is 0 Å². The lowest BCUT2D eigenvalue weighted by atomic mass is 10.1. The third kappa shape index (κ3) is 4.60. The Morgan fingerprint density at radius 1 is 1.23 bits per heavy atom. The molecule has 0 unspecified atom stereocenters. The second-order valence-electron chi connectivity index (χ2n) is 8.38. The van der Waals surface area contributed by atoms with Crippen molar-refractivity contribution in [3.63, 3.8) is 0 Å². The highest BCUT2D eigenvalue weighted by atomic mass is 32.2. The summed E-state index contributed by atoms with van der Waals surface area (Å²) in [6, 6.07) is 8.00. The average Bonchev–Trinajstić information content (AvgIpc) is 3.35. The smallest absolute Gasteiger partial charge is 0.231 e. The predicted molar refractivity (Wildman–Crippen MR) is 126 cm³/mol. The fourth-order valence-electron chi connectivity index (χ4n) is 4.38. The first-order chi connectivity index (χ1) is 14.6. The van der Waals surface area contributed by atoms with Gasteiger partial charge in [-0.05, 0) is 51.8 Å². The molecule has 1 fully saturated rings.